The highest BCUT2D eigenvalue weighted by molar-refractivity contribution is 7.98. The smallest absolute Gasteiger partial charge is 0.341 e. The number of carbonyl (C=O) groups is 1. The van der Waals surface area contributed by atoms with Crippen molar-refractivity contribution in [2.75, 3.05) is 7.11 Å². The number of thioether (sulfide) groups is 1. The molecule has 0 spiro atoms. The fourth-order valence-corrected chi connectivity index (χ4v) is 3.00. The van der Waals surface area contributed by atoms with E-state index in [1.807, 2.05) is 17.5 Å². The summed E-state index contributed by atoms with van der Waals surface area (Å²) in [5, 5.41) is 10.3. The van der Waals surface area contributed by atoms with Crippen LogP contribution in [0.5, 0.6) is 0 Å². The largest absolute Gasteiger partial charge is 0.468 e. The van der Waals surface area contributed by atoms with Gasteiger partial charge in [-0.1, -0.05) is 17.8 Å². The van der Waals surface area contributed by atoms with Gasteiger partial charge in [-0.05, 0) is 17.5 Å². The van der Waals surface area contributed by atoms with E-state index in [1.165, 1.54) is 36.5 Å². The van der Waals surface area contributed by atoms with E-state index in [-0.39, 0.29) is 0 Å². The molecule has 0 aliphatic heterocycles. The molecule has 0 bridgehead atoms. The number of hydrogen-bond donors (Lipinski definition) is 0. The minimum Gasteiger partial charge on any atom is -0.468 e. The van der Waals surface area contributed by atoms with E-state index in [0.29, 0.717) is 28.2 Å². The highest BCUT2D eigenvalue weighted by atomic mass is 32.2. The standard InChI is InChI=1S/C13H10N2O4S2/c1-17-12(16)8-4-5-18-9(8)7-21-13-15-14-11(19-13)10-3-2-6-20-10/h2-6H,7H2,1H3. The maximum Gasteiger partial charge on any atom is 0.341 e. The van der Waals surface area contributed by atoms with Crippen LogP contribution in [-0.4, -0.2) is 23.3 Å². The Morgan fingerprint density at radius 3 is 3.10 bits per heavy atom. The fourth-order valence-electron chi connectivity index (χ4n) is 1.64. The molecule has 0 radical (unpaired) electrons. The van der Waals surface area contributed by atoms with Crippen LogP contribution in [0.3, 0.4) is 0 Å². The van der Waals surface area contributed by atoms with Crippen molar-refractivity contribution < 1.29 is 18.4 Å². The Kier molecular flexibility index (Phi) is 4.07. The summed E-state index contributed by atoms with van der Waals surface area (Å²) in [4.78, 5) is 12.4. The van der Waals surface area contributed by atoms with E-state index in [0.717, 1.165) is 4.88 Å². The Balaban J connectivity index is 1.69. The minimum atomic E-state index is -0.427. The lowest BCUT2D eigenvalue weighted by atomic mass is 10.3. The van der Waals surface area contributed by atoms with Crippen LogP contribution in [0.4, 0.5) is 0 Å². The zero-order chi connectivity index (χ0) is 14.7. The average molecular weight is 322 g/mol. The van der Waals surface area contributed by atoms with Crippen molar-refractivity contribution in [3.8, 4) is 10.8 Å². The Hall–Kier alpha value is -2.06. The molecule has 3 heterocycles. The first-order valence-electron chi connectivity index (χ1n) is 5.93. The summed E-state index contributed by atoms with van der Waals surface area (Å²) in [5.41, 5.74) is 0.406. The number of rotatable bonds is 5. The van der Waals surface area contributed by atoms with Gasteiger partial charge in [0.1, 0.15) is 11.3 Å². The lowest BCUT2D eigenvalue weighted by molar-refractivity contribution is 0.0598. The molecule has 3 aromatic rings. The number of hydrogen-bond acceptors (Lipinski definition) is 8. The van der Waals surface area contributed by atoms with Gasteiger partial charge in [-0.15, -0.1) is 21.5 Å². The molecule has 0 N–H and O–H groups in total. The summed E-state index contributed by atoms with van der Waals surface area (Å²) in [6.07, 6.45) is 1.45. The van der Waals surface area contributed by atoms with Crippen molar-refractivity contribution in [1.29, 1.82) is 0 Å². The maximum atomic E-state index is 11.5. The van der Waals surface area contributed by atoms with Gasteiger partial charge in [0.2, 0.25) is 0 Å². The van der Waals surface area contributed by atoms with Gasteiger partial charge < -0.3 is 13.6 Å². The van der Waals surface area contributed by atoms with Crippen molar-refractivity contribution in [2.45, 2.75) is 11.0 Å². The van der Waals surface area contributed by atoms with Crippen LogP contribution in [0.25, 0.3) is 10.8 Å². The molecule has 0 amide bonds. The molecule has 0 atom stereocenters. The van der Waals surface area contributed by atoms with Crippen molar-refractivity contribution in [2.24, 2.45) is 0 Å². The van der Waals surface area contributed by atoms with Crippen molar-refractivity contribution in [3.63, 3.8) is 0 Å². The molecule has 108 valence electrons. The van der Waals surface area contributed by atoms with Gasteiger partial charge in [0.25, 0.3) is 11.1 Å². The van der Waals surface area contributed by atoms with Crippen LogP contribution in [-0.2, 0) is 10.5 Å². The van der Waals surface area contributed by atoms with Gasteiger partial charge in [0.15, 0.2) is 0 Å². The Morgan fingerprint density at radius 2 is 2.33 bits per heavy atom. The molecule has 3 rings (SSSR count). The van der Waals surface area contributed by atoms with Gasteiger partial charge in [0, 0.05) is 0 Å². The van der Waals surface area contributed by atoms with E-state index in [9.17, 15) is 4.79 Å². The second-order valence-electron chi connectivity index (χ2n) is 3.89. The first kappa shape index (κ1) is 13.9. The number of furan rings is 1. The number of ether oxygens (including phenoxy) is 1. The second kappa shape index (κ2) is 6.15. The third-order valence-electron chi connectivity index (χ3n) is 2.62. The Morgan fingerprint density at radius 1 is 1.43 bits per heavy atom. The van der Waals surface area contributed by atoms with E-state index >= 15 is 0 Å². The summed E-state index contributed by atoms with van der Waals surface area (Å²) >= 11 is 2.83. The topological polar surface area (TPSA) is 78.4 Å². The van der Waals surface area contributed by atoms with Crippen LogP contribution >= 0.6 is 23.1 Å². The normalized spacial score (nSPS) is 10.7. The maximum absolute atomic E-state index is 11.5. The molecule has 0 saturated heterocycles. The van der Waals surface area contributed by atoms with Crippen molar-refractivity contribution in [3.05, 3.63) is 41.2 Å². The van der Waals surface area contributed by atoms with Crippen LogP contribution in [0, 0.1) is 0 Å². The fraction of sp³-hybridized carbons (Fsp3) is 0.154. The number of aromatic nitrogens is 2. The summed E-state index contributed by atoms with van der Waals surface area (Å²) in [6, 6.07) is 5.41. The van der Waals surface area contributed by atoms with Crippen molar-refractivity contribution in [1.82, 2.24) is 10.2 Å². The molecule has 6 nitrogen and oxygen atoms in total. The Bertz CT molecular complexity index is 733. The highest BCUT2D eigenvalue weighted by Gasteiger charge is 2.17. The lowest BCUT2D eigenvalue weighted by Gasteiger charge is -1.98. The van der Waals surface area contributed by atoms with Gasteiger partial charge in [-0.3, -0.25) is 0 Å². The first-order chi connectivity index (χ1) is 10.3. The van der Waals surface area contributed by atoms with E-state index < -0.39 is 5.97 Å². The molecule has 0 aliphatic rings. The molecule has 21 heavy (non-hydrogen) atoms. The number of esters is 1. The summed E-state index contributed by atoms with van der Waals surface area (Å²) in [5.74, 6) is 0.982. The number of carbonyl (C=O) groups excluding carboxylic acids is 1. The molecule has 8 heteroatoms. The van der Waals surface area contributed by atoms with Gasteiger partial charge in [-0.2, -0.15) is 0 Å². The summed E-state index contributed by atoms with van der Waals surface area (Å²) in [7, 11) is 1.33. The summed E-state index contributed by atoms with van der Waals surface area (Å²) < 4.78 is 15.5. The zero-order valence-corrected chi connectivity index (χ0v) is 12.6. The van der Waals surface area contributed by atoms with Gasteiger partial charge in [0.05, 0.1) is 24.0 Å². The van der Waals surface area contributed by atoms with Crippen molar-refractivity contribution >= 4 is 29.1 Å². The number of methoxy groups -OCH3 is 1. The van der Waals surface area contributed by atoms with E-state index in [2.05, 4.69) is 14.9 Å². The summed E-state index contributed by atoms with van der Waals surface area (Å²) in [6.45, 7) is 0. The quantitative estimate of drug-likeness (QED) is 0.525. The van der Waals surface area contributed by atoms with Crippen LogP contribution in [0.15, 0.2) is 43.9 Å². The van der Waals surface area contributed by atoms with Crippen LogP contribution in [0.2, 0.25) is 0 Å². The molecular weight excluding hydrogens is 312 g/mol. The molecule has 0 aromatic carbocycles. The molecule has 0 unspecified atom stereocenters. The average Bonchev–Trinajstić information content (AvgIpc) is 3.23. The van der Waals surface area contributed by atoms with Crippen LogP contribution < -0.4 is 0 Å². The number of thiophene rings is 1. The highest BCUT2D eigenvalue weighted by Crippen LogP contribution is 2.29. The molecular formula is C13H10N2O4S2. The van der Waals surface area contributed by atoms with E-state index in [4.69, 9.17) is 8.83 Å². The Labute approximate surface area is 128 Å². The van der Waals surface area contributed by atoms with Gasteiger partial charge >= 0.3 is 5.97 Å². The van der Waals surface area contributed by atoms with Crippen LogP contribution in [0.1, 0.15) is 16.1 Å². The molecule has 0 fully saturated rings. The van der Waals surface area contributed by atoms with Gasteiger partial charge in [-0.25, -0.2) is 4.79 Å². The minimum absolute atomic E-state index is 0.406. The first-order valence-corrected chi connectivity index (χ1v) is 7.79. The third-order valence-corrected chi connectivity index (χ3v) is 4.29. The SMILES string of the molecule is COC(=O)c1ccoc1CSc1nnc(-c2cccs2)o1. The number of nitrogens with zero attached hydrogens (tertiary/aromatic N) is 2. The molecule has 0 saturated carbocycles. The predicted octanol–water partition coefficient (Wildman–Crippen LogP) is 3.47. The third kappa shape index (κ3) is 3.01. The molecule has 3 aromatic heterocycles. The monoisotopic (exact) mass is 322 g/mol. The predicted molar refractivity (Wildman–Crippen MR) is 77.2 cm³/mol. The zero-order valence-electron chi connectivity index (χ0n) is 10.9. The van der Waals surface area contributed by atoms with E-state index in [1.54, 1.807) is 6.07 Å². The lowest BCUT2D eigenvalue weighted by Crippen LogP contribution is -2.02. The molecule has 0 aliphatic carbocycles. The second-order valence-corrected chi connectivity index (χ2v) is 5.76.